The first-order valence-corrected chi connectivity index (χ1v) is 9.78. The number of nitrogens with zero attached hydrogens (tertiary/aromatic N) is 3. The maximum absolute atomic E-state index is 12.8. The summed E-state index contributed by atoms with van der Waals surface area (Å²) in [6, 6.07) is 0. The molecule has 144 valence electrons. The first kappa shape index (κ1) is 20.4. The molecule has 0 aromatic carbocycles. The van der Waals surface area contributed by atoms with Gasteiger partial charge < -0.3 is 4.90 Å². The third-order valence-electron chi connectivity index (χ3n) is 5.68. The highest BCUT2D eigenvalue weighted by atomic mass is 16.2. The van der Waals surface area contributed by atoms with Crippen LogP contribution in [0.3, 0.4) is 0 Å². The molecular weight excluding hydrogens is 314 g/mol. The molecule has 0 aromatic rings. The summed E-state index contributed by atoms with van der Waals surface area (Å²) < 4.78 is 0. The smallest absolute Gasteiger partial charge is 0.225 e. The molecule has 0 spiro atoms. The number of carbonyl (C=O) groups excluding carboxylic acids is 2. The number of amides is 1. The van der Waals surface area contributed by atoms with Crippen molar-refractivity contribution in [2.75, 3.05) is 45.8 Å². The molecule has 2 saturated heterocycles. The van der Waals surface area contributed by atoms with Crippen molar-refractivity contribution in [3.05, 3.63) is 0 Å². The molecule has 0 bridgehead atoms. The average molecular weight is 352 g/mol. The van der Waals surface area contributed by atoms with Gasteiger partial charge in [-0.3, -0.25) is 19.4 Å². The molecule has 1 amide bonds. The molecule has 5 heteroatoms. The van der Waals surface area contributed by atoms with Crippen LogP contribution in [0, 0.1) is 11.3 Å². The molecule has 0 N–H and O–H groups in total. The van der Waals surface area contributed by atoms with Gasteiger partial charge in [0.1, 0.15) is 0 Å². The highest BCUT2D eigenvalue weighted by molar-refractivity contribution is 5.85. The Morgan fingerprint density at radius 1 is 0.840 bits per heavy atom. The van der Waals surface area contributed by atoms with Crippen molar-refractivity contribution in [2.45, 2.75) is 59.9 Å². The summed E-state index contributed by atoms with van der Waals surface area (Å²) in [5.74, 6) is 0.790. The van der Waals surface area contributed by atoms with E-state index in [-0.39, 0.29) is 22.7 Å². The lowest BCUT2D eigenvalue weighted by molar-refractivity contribution is -0.139. The molecule has 0 atom stereocenters. The molecule has 5 nitrogen and oxygen atoms in total. The molecule has 0 saturated carbocycles. The van der Waals surface area contributed by atoms with E-state index in [1.165, 1.54) is 0 Å². The Hall–Kier alpha value is -0.940. The molecule has 2 aliphatic rings. The monoisotopic (exact) mass is 351 g/mol. The van der Waals surface area contributed by atoms with Gasteiger partial charge in [0.2, 0.25) is 5.91 Å². The fourth-order valence-electron chi connectivity index (χ4n) is 3.62. The number of carbonyl (C=O) groups is 2. The number of piperidine rings is 1. The van der Waals surface area contributed by atoms with E-state index in [0.717, 1.165) is 52.1 Å². The summed E-state index contributed by atoms with van der Waals surface area (Å²) in [4.78, 5) is 31.7. The van der Waals surface area contributed by atoms with Gasteiger partial charge in [0.05, 0.1) is 6.54 Å². The van der Waals surface area contributed by atoms with Gasteiger partial charge in [0.25, 0.3) is 0 Å². The minimum Gasteiger partial charge on any atom is -0.340 e. The number of rotatable bonds is 3. The van der Waals surface area contributed by atoms with Crippen molar-refractivity contribution < 1.29 is 9.59 Å². The summed E-state index contributed by atoms with van der Waals surface area (Å²) in [5, 5.41) is 0. The molecule has 25 heavy (non-hydrogen) atoms. The molecule has 2 fully saturated rings. The molecule has 0 aromatic heterocycles. The Kier molecular flexibility index (Phi) is 6.31. The van der Waals surface area contributed by atoms with Gasteiger partial charge in [-0.1, -0.05) is 20.8 Å². The second-order valence-electron chi connectivity index (χ2n) is 9.71. The third kappa shape index (κ3) is 5.52. The zero-order valence-electron chi connectivity index (χ0n) is 17.1. The van der Waals surface area contributed by atoms with Gasteiger partial charge in [-0.05, 0) is 46.7 Å². The van der Waals surface area contributed by atoms with Crippen molar-refractivity contribution in [3.63, 3.8) is 0 Å². The zero-order chi connectivity index (χ0) is 18.8. The third-order valence-corrected chi connectivity index (χ3v) is 5.68. The first-order chi connectivity index (χ1) is 11.5. The van der Waals surface area contributed by atoms with Gasteiger partial charge in [-0.15, -0.1) is 0 Å². The molecular formula is C20H37N3O2. The first-order valence-electron chi connectivity index (χ1n) is 9.78. The summed E-state index contributed by atoms with van der Waals surface area (Å²) in [7, 11) is 0. The maximum Gasteiger partial charge on any atom is 0.225 e. The highest BCUT2D eigenvalue weighted by Gasteiger charge is 2.33. The van der Waals surface area contributed by atoms with Crippen molar-refractivity contribution in [3.8, 4) is 0 Å². The van der Waals surface area contributed by atoms with Crippen LogP contribution < -0.4 is 0 Å². The number of hydrogen-bond acceptors (Lipinski definition) is 4. The van der Waals surface area contributed by atoms with Crippen LogP contribution in [-0.2, 0) is 9.59 Å². The number of Topliss-reactive ketones (excluding diaryl/α,β-unsaturated/α-hetero) is 1. The van der Waals surface area contributed by atoms with Crippen LogP contribution in [0.15, 0.2) is 0 Å². The second-order valence-corrected chi connectivity index (χ2v) is 9.71. The molecule has 2 heterocycles. The van der Waals surface area contributed by atoms with Crippen LogP contribution in [-0.4, -0.2) is 77.7 Å². The Morgan fingerprint density at radius 2 is 1.36 bits per heavy atom. The zero-order valence-corrected chi connectivity index (χ0v) is 17.1. The van der Waals surface area contributed by atoms with Gasteiger partial charge in [0.15, 0.2) is 5.78 Å². The predicted molar refractivity (Wildman–Crippen MR) is 102 cm³/mol. The van der Waals surface area contributed by atoms with Gasteiger partial charge >= 0.3 is 0 Å². The van der Waals surface area contributed by atoms with E-state index in [4.69, 9.17) is 0 Å². The highest BCUT2D eigenvalue weighted by Crippen LogP contribution is 2.25. The van der Waals surface area contributed by atoms with E-state index in [1.54, 1.807) is 0 Å². The van der Waals surface area contributed by atoms with Crippen LogP contribution >= 0.6 is 0 Å². The van der Waals surface area contributed by atoms with E-state index in [0.29, 0.717) is 12.5 Å². The fourth-order valence-corrected chi connectivity index (χ4v) is 3.62. The van der Waals surface area contributed by atoms with Crippen molar-refractivity contribution in [2.24, 2.45) is 11.3 Å². The van der Waals surface area contributed by atoms with E-state index in [9.17, 15) is 9.59 Å². The predicted octanol–water partition coefficient (Wildman–Crippen LogP) is 2.26. The van der Waals surface area contributed by atoms with E-state index < -0.39 is 0 Å². The number of ketones is 1. The quantitative estimate of drug-likeness (QED) is 0.782. The lowest BCUT2D eigenvalue weighted by Gasteiger charge is -2.42. The SMILES string of the molecule is CC(C)(C)C(=O)CN1CCN(C(=O)C2CCN(C(C)(C)C)CC2)CC1. The molecule has 0 aliphatic carbocycles. The summed E-state index contributed by atoms with van der Waals surface area (Å²) in [5.41, 5.74) is -0.0901. The second kappa shape index (κ2) is 7.75. The fraction of sp³-hybridized carbons (Fsp3) is 0.900. The standard InChI is InChI=1S/C20H37N3O2/c1-19(2,3)17(24)15-21-11-13-22(14-12-21)18(25)16-7-9-23(10-8-16)20(4,5)6/h16H,7-15H2,1-6H3. The van der Waals surface area contributed by atoms with Crippen LogP contribution in [0.2, 0.25) is 0 Å². The molecule has 2 rings (SSSR count). The van der Waals surface area contributed by atoms with E-state index in [2.05, 4.69) is 30.6 Å². The van der Waals surface area contributed by atoms with E-state index >= 15 is 0 Å². The topological polar surface area (TPSA) is 43.9 Å². The average Bonchev–Trinajstić information content (AvgIpc) is 2.53. The minimum absolute atomic E-state index is 0.182. The minimum atomic E-state index is -0.284. The summed E-state index contributed by atoms with van der Waals surface area (Å²) in [6.45, 7) is 18.3. The Bertz CT molecular complexity index is 474. The molecule has 0 unspecified atom stereocenters. The maximum atomic E-state index is 12.8. The molecule has 2 aliphatic heterocycles. The van der Waals surface area contributed by atoms with Crippen LogP contribution in [0.25, 0.3) is 0 Å². The Balaban J connectivity index is 1.77. The number of piperazine rings is 1. The Morgan fingerprint density at radius 3 is 1.80 bits per heavy atom. The summed E-state index contributed by atoms with van der Waals surface area (Å²) >= 11 is 0. The Labute approximate surface area is 153 Å². The number of hydrogen-bond donors (Lipinski definition) is 0. The van der Waals surface area contributed by atoms with E-state index in [1.807, 2.05) is 25.7 Å². The van der Waals surface area contributed by atoms with Crippen LogP contribution in [0.1, 0.15) is 54.4 Å². The van der Waals surface area contributed by atoms with Crippen molar-refractivity contribution in [1.29, 1.82) is 0 Å². The van der Waals surface area contributed by atoms with Crippen molar-refractivity contribution >= 4 is 11.7 Å². The van der Waals surface area contributed by atoms with Gasteiger partial charge in [-0.2, -0.15) is 0 Å². The normalized spacial score (nSPS) is 22.2. The number of likely N-dealkylation sites (tertiary alicyclic amines) is 1. The van der Waals surface area contributed by atoms with Crippen LogP contribution in [0.5, 0.6) is 0 Å². The van der Waals surface area contributed by atoms with Gasteiger partial charge in [-0.25, -0.2) is 0 Å². The lowest BCUT2D eigenvalue weighted by atomic mass is 9.90. The van der Waals surface area contributed by atoms with Crippen molar-refractivity contribution in [1.82, 2.24) is 14.7 Å². The summed E-state index contributed by atoms with van der Waals surface area (Å²) in [6.07, 6.45) is 1.94. The largest absolute Gasteiger partial charge is 0.340 e. The lowest BCUT2D eigenvalue weighted by Crippen LogP contribution is -2.54. The van der Waals surface area contributed by atoms with Crippen LogP contribution in [0.4, 0.5) is 0 Å². The molecule has 0 radical (unpaired) electrons. The van der Waals surface area contributed by atoms with Gasteiger partial charge in [0, 0.05) is 43.1 Å².